The smallest absolute Gasteiger partial charge is 0.290 e. The van der Waals surface area contributed by atoms with Crippen LogP contribution in [-0.2, 0) is 0 Å². The van der Waals surface area contributed by atoms with Gasteiger partial charge in [-0.15, -0.1) is 4.74 Å². The summed E-state index contributed by atoms with van der Waals surface area (Å²) in [5, 5.41) is 2.98. The number of aryl methyl sites for hydroxylation is 1. The zero-order valence-corrected chi connectivity index (χ0v) is 9.82. The van der Waals surface area contributed by atoms with Crippen LogP contribution in [0, 0.1) is 6.92 Å². The van der Waals surface area contributed by atoms with Crippen LogP contribution in [0.15, 0.2) is 15.4 Å². The van der Waals surface area contributed by atoms with Gasteiger partial charge in [-0.3, -0.25) is 14.5 Å². The molecule has 0 aromatic carbocycles. The van der Waals surface area contributed by atoms with Crippen LogP contribution in [0.3, 0.4) is 0 Å². The summed E-state index contributed by atoms with van der Waals surface area (Å²) in [5.74, 6) is 0.0907. The van der Waals surface area contributed by atoms with Gasteiger partial charge in [-0.1, -0.05) is 0 Å². The van der Waals surface area contributed by atoms with Gasteiger partial charge in [-0.05, 0) is 21.0 Å². The number of likely N-dealkylation sites (N-methyl/N-ethyl adjacent to an activating group) is 2. The maximum absolute atomic E-state index is 11.7. The molecule has 0 bridgehead atoms. The fourth-order valence-electron chi connectivity index (χ4n) is 1.30. The normalized spacial score (nSPS) is 11.0. The Morgan fingerprint density at radius 2 is 2.31 bits per heavy atom. The zero-order chi connectivity index (χ0) is 12.1. The Morgan fingerprint density at radius 1 is 1.62 bits per heavy atom. The molecule has 1 rings (SSSR count). The molecular formula is C10H17N3O3. The molecule has 1 heterocycles. The Balaban J connectivity index is 2.59. The SMILES string of the molecule is CNCCN(C)CC(=O)n1oc(C)cc1=O. The first-order chi connectivity index (χ1) is 7.54. The summed E-state index contributed by atoms with van der Waals surface area (Å²) in [7, 11) is 3.66. The lowest BCUT2D eigenvalue weighted by molar-refractivity contribution is 0.0731. The van der Waals surface area contributed by atoms with Crippen LogP contribution in [0.5, 0.6) is 0 Å². The molecule has 0 saturated carbocycles. The van der Waals surface area contributed by atoms with Crippen molar-refractivity contribution in [1.29, 1.82) is 0 Å². The van der Waals surface area contributed by atoms with Crippen molar-refractivity contribution in [2.45, 2.75) is 6.92 Å². The second-order valence-corrected chi connectivity index (χ2v) is 3.71. The number of nitrogens with one attached hydrogen (secondary N) is 1. The number of hydrogen-bond acceptors (Lipinski definition) is 5. The van der Waals surface area contributed by atoms with Crippen LogP contribution in [0.4, 0.5) is 0 Å². The van der Waals surface area contributed by atoms with Gasteiger partial charge in [0.05, 0.1) is 6.54 Å². The number of aromatic nitrogens is 1. The molecule has 0 atom stereocenters. The van der Waals surface area contributed by atoms with Gasteiger partial charge < -0.3 is 9.84 Å². The van der Waals surface area contributed by atoms with E-state index in [4.69, 9.17) is 4.52 Å². The van der Waals surface area contributed by atoms with E-state index in [1.54, 1.807) is 6.92 Å². The third-order valence-electron chi connectivity index (χ3n) is 2.14. The summed E-state index contributed by atoms with van der Waals surface area (Å²) in [6, 6.07) is 1.30. The van der Waals surface area contributed by atoms with Crippen molar-refractivity contribution in [3.8, 4) is 0 Å². The average molecular weight is 227 g/mol. The fraction of sp³-hybridized carbons (Fsp3) is 0.600. The molecule has 0 unspecified atom stereocenters. The Hall–Kier alpha value is -1.40. The summed E-state index contributed by atoms with van der Waals surface area (Å²) < 4.78 is 5.79. The highest BCUT2D eigenvalue weighted by Gasteiger charge is 2.13. The van der Waals surface area contributed by atoms with Crippen LogP contribution in [0.2, 0.25) is 0 Å². The number of carbonyl (C=O) groups is 1. The molecule has 0 spiro atoms. The van der Waals surface area contributed by atoms with Crippen molar-refractivity contribution in [2.24, 2.45) is 0 Å². The van der Waals surface area contributed by atoms with Crippen molar-refractivity contribution in [3.05, 3.63) is 22.2 Å². The third-order valence-corrected chi connectivity index (χ3v) is 2.14. The second kappa shape index (κ2) is 5.62. The van der Waals surface area contributed by atoms with Crippen molar-refractivity contribution in [2.75, 3.05) is 33.7 Å². The van der Waals surface area contributed by atoms with Gasteiger partial charge in [0.2, 0.25) is 0 Å². The fourth-order valence-corrected chi connectivity index (χ4v) is 1.30. The highest BCUT2D eigenvalue weighted by molar-refractivity contribution is 5.79. The maximum Gasteiger partial charge on any atom is 0.290 e. The van der Waals surface area contributed by atoms with Gasteiger partial charge in [0.25, 0.3) is 11.5 Å². The molecule has 0 amide bonds. The number of nitrogens with zero attached hydrogens (tertiary/aromatic N) is 2. The molecule has 0 aliphatic carbocycles. The van der Waals surface area contributed by atoms with Crippen molar-refractivity contribution in [1.82, 2.24) is 15.0 Å². The molecule has 0 saturated heterocycles. The summed E-state index contributed by atoms with van der Waals surface area (Å²) in [6.07, 6.45) is 0. The number of carbonyl (C=O) groups excluding carboxylic acids is 1. The average Bonchev–Trinajstić information content (AvgIpc) is 2.54. The Kier molecular flexibility index (Phi) is 4.45. The molecule has 16 heavy (non-hydrogen) atoms. The molecule has 90 valence electrons. The first-order valence-electron chi connectivity index (χ1n) is 5.11. The van der Waals surface area contributed by atoms with Crippen LogP contribution < -0.4 is 10.9 Å². The van der Waals surface area contributed by atoms with Crippen LogP contribution in [-0.4, -0.2) is 49.3 Å². The van der Waals surface area contributed by atoms with E-state index in [0.717, 1.165) is 17.8 Å². The lowest BCUT2D eigenvalue weighted by Gasteiger charge is -2.14. The highest BCUT2D eigenvalue weighted by atomic mass is 16.5. The standard InChI is InChI=1S/C10H17N3O3/c1-8-6-9(14)13(16-8)10(15)7-12(3)5-4-11-2/h6,11H,4-5,7H2,1-3H3. The molecule has 6 heteroatoms. The van der Waals surface area contributed by atoms with Gasteiger partial charge in [-0.2, -0.15) is 0 Å². The van der Waals surface area contributed by atoms with Gasteiger partial charge in [0.1, 0.15) is 5.76 Å². The molecule has 0 fully saturated rings. The summed E-state index contributed by atoms with van der Waals surface area (Å²) in [4.78, 5) is 24.8. The maximum atomic E-state index is 11.7. The molecule has 0 radical (unpaired) electrons. The quantitative estimate of drug-likeness (QED) is 0.737. The first-order valence-corrected chi connectivity index (χ1v) is 5.11. The van der Waals surface area contributed by atoms with Crippen molar-refractivity contribution in [3.63, 3.8) is 0 Å². The van der Waals surface area contributed by atoms with E-state index in [9.17, 15) is 9.59 Å². The van der Waals surface area contributed by atoms with Gasteiger partial charge in [-0.25, -0.2) is 0 Å². The minimum absolute atomic E-state index is 0.161. The van der Waals surface area contributed by atoms with Crippen LogP contribution in [0.25, 0.3) is 0 Å². The van der Waals surface area contributed by atoms with E-state index in [-0.39, 0.29) is 12.5 Å². The minimum atomic E-state index is -0.412. The molecule has 1 N–H and O–H groups in total. The first kappa shape index (κ1) is 12.7. The predicted molar refractivity (Wildman–Crippen MR) is 59.8 cm³/mol. The molecular weight excluding hydrogens is 210 g/mol. The Morgan fingerprint density at radius 3 is 2.81 bits per heavy atom. The number of rotatable bonds is 5. The van der Waals surface area contributed by atoms with Gasteiger partial charge in [0, 0.05) is 19.2 Å². The summed E-state index contributed by atoms with van der Waals surface area (Å²) in [6.45, 7) is 3.32. The molecule has 0 aliphatic rings. The van der Waals surface area contributed by atoms with Crippen molar-refractivity contribution >= 4 is 5.91 Å². The lowest BCUT2D eigenvalue weighted by atomic mass is 10.5. The van der Waals surface area contributed by atoms with E-state index in [0.29, 0.717) is 5.76 Å². The second-order valence-electron chi connectivity index (χ2n) is 3.71. The monoisotopic (exact) mass is 227 g/mol. The molecule has 6 nitrogen and oxygen atoms in total. The Labute approximate surface area is 93.8 Å². The molecule has 1 aromatic rings. The largest absolute Gasteiger partial charge is 0.373 e. The minimum Gasteiger partial charge on any atom is -0.373 e. The van der Waals surface area contributed by atoms with E-state index in [1.807, 2.05) is 19.0 Å². The molecule has 1 aromatic heterocycles. The van der Waals surface area contributed by atoms with E-state index < -0.39 is 5.56 Å². The lowest BCUT2D eigenvalue weighted by Crippen LogP contribution is -2.36. The highest BCUT2D eigenvalue weighted by Crippen LogP contribution is 1.93. The summed E-state index contributed by atoms with van der Waals surface area (Å²) >= 11 is 0. The van der Waals surface area contributed by atoms with E-state index in [1.165, 1.54) is 6.07 Å². The van der Waals surface area contributed by atoms with Gasteiger partial charge >= 0.3 is 0 Å². The predicted octanol–water partition coefficient (Wildman–Crippen LogP) is -0.459. The number of hydrogen-bond donors (Lipinski definition) is 1. The van der Waals surface area contributed by atoms with Crippen LogP contribution >= 0.6 is 0 Å². The van der Waals surface area contributed by atoms with Crippen molar-refractivity contribution < 1.29 is 9.32 Å². The van der Waals surface area contributed by atoms with E-state index >= 15 is 0 Å². The third kappa shape index (κ3) is 3.32. The topological polar surface area (TPSA) is 67.5 Å². The summed E-state index contributed by atoms with van der Waals surface area (Å²) in [5.41, 5.74) is -0.412. The zero-order valence-electron chi connectivity index (χ0n) is 9.82. The van der Waals surface area contributed by atoms with Crippen LogP contribution in [0.1, 0.15) is 10.6 Å². The Bertz CT molecular complexity index is 408. The molecule has 0 aliphatic heterocycles. The van der Waals surface area contributed by atoms with Gasteiger partial charge in [0.15, 0.2) is 0 Å². The van der Waals surface area contributed by atoms with E-state index in [2.05, 4.69) is 5.32 Å².